The van der Waals surface area contributed by atoms with Crippen LogP contribution in [0.25, 0.3) is 6.08 Å². The van der Waals surface area contributed by atoms with Crippen molar-refractivity contribution in [3.05, 3.63) is 65.6 Å². The van der Waals surface area contributed by atoms with E-state index in [-0.39, 0.29) is 11.5 Å². The van der Waals surface area contributed by atoms with Gasteiger partial charge in [0, 0.05) is 0 Å². The maximum absolute atomic E-state index is 12.7. The summed E-state index contributed by atoms with van der Waals surface area (Å²) >= 11 is 5.21. The van der Waals surface area contributed by atoms with Gasteiger partial charge in [0.25, 0.3) is 11.1 Å². The van der Waals surface area contributed by atoms with E-state index >= 15 is 0 Å². The summed E-state index contributed by atoms with van der Waals surface area (Å²) in [7, 11) is 0. The number of carbonyl (C=O) groups is 3. The number of ether oxygens (including phenoxy) is 2. The molecule has 1 atom stereocenters. The standard InChI is InChI=1S/C22H19I2NO5S/c1-3-29-21(27)13(2)25-20(26)18(31-22(25)28)11-15-9-16(23)19(17(24)10-15)30-12-14-7-5-4-6-8-14/h4-11,13H,3,12H2,1-2H3/b18-11+/t13-/m1/s1. The highest BCUT2D eigenvalue weighted by Crippen LogP contribution is 2.36. The molecule has 0 saturated carbocycles. The molecule has 1 aliphatic rings. The lowest BCUT2D eigenvalue weighted by Crippen LogP contribution is -2.42. The molecule has 0 aromatic heterocycles. The summed E-state index contributed by atoms with van der Waals surface area (Å²) in [5.74, 6) is -0.328. The normalized spacial score (nSPS) is 16.0. The highest BCUT2D eigenvalue weighted by Gasteiger charge is 2.41. The van der Waals surface area contributed by atoms with Crippen LogP contribution in [0, 0.1) is 7.14 Å². The van der Waals surface area contributed by atoms with Gasteiger partial charge in [0.2, 0.25) is 0 Å². The summed E-state index contributed by atoms with van der Waals surface area (Å²) in [5, 5.41) is -0.482. The molecular formula is C22H19I2NO5S. The Bertz CT molecular complexity index is 1020. The molecule has 31 heavy (non-hydrogen) atoms. The van der Waals surface area contributed by atoms with Gasteiger partial charge in [0.05, 0.1) is 18.7 Å². The van der Waals surface area contributed by atoms with E-state index in [0.29, 0.717) is 6.61 Å². The van der Waals surface area contributed by atoms with Crippen molar-refractivity contribution < 1.29 is 23.9 Å². The first kappa shape index (κ1) is 24.1. The van der Waals surface area contributed by atoms with E-state index in [4.69, 9.17) is 9.47 Å². The van der Waals surface area contributed by atoms with Crippen LogP contribution in [0.5, 0.6) is 5.75 Å². The predicted octanol–water partition coefficient (Wildman–Crippen LogP) is 5.46. The number of esters is 1. The van der Waals surface area contributed by atoms with Crippen molar-refractivity contribution in [2.75, 3.05) is 6.61 Å². The fourth-order valence-corrected chi connectivity index (χ4v) is 5.90. The van der Waals surface area contributed by atoms with Gasteiger partial charge in [-0.1, -0.05) is 30.3 Å². The Balaban J connectivity index is 1.78. The topological polar surface area (TPSA) is 72.9 Å². The fourth-order valence-electron chi connectivity index (χ4n) is 2.86. The first-order valence-corrected chi connectivity index (χ1v) is 12.4. The number of nitrogens with zero attached hydrogens (tertiary/aromatic N) is 1. The van der Waals surface area contributed by atoms with E-state index in [1.165, 1.54) is 6.92 Å². The Hall–Kier alpha value is -1.60. The van der Waals surface area contributed by atoms with Crippen molar-refractivity contribution in [3.63, 3.8) is 0 Å². The molecular weight excluding hydrogens is 644 g/mol. The number of hydrogen-bond donors (Lipinski definition) is 0. The van der Waals surface area contributed by atoms with Gasteiger partial charge in [-0.15, -0.1) is 0 Å². The zero-order valence-electron chi connectivity index (χ0n) is 16.8. The Morgan fingerprint density at radius 3 is 2.42 bits per heavy atom. The fraction of sp³-hybridized carbons (Fsp3) is 0.227. The zero-order chi connectivity index (χ0) is 22.5. The third-order valence-corrected chi connectivity index (χ3v) is 6.87. The van der Waals surface area contributed by atoms with Crippen LogP contribution in [0.4, 0.5) is 4.79 Å². The minimum absolute atomic E-state index is 0.185. The van der Waals surface area contributed by atoms with E-state index in [0.717, 1.165) is 40.7 Å². The van der Waals surface area contributed by atoms with Gasteiger partial charge in [-0.25, -0.2) is 4.79 Å². The highest BCUT2D eigenvalue weighted by atomic mass is 127. The number of halogens is 2. The minimum Gasteiger partial charge on any atom is -0.487 e. The van der Waals surface area contributed by atoms with Crippen LogP contribution in [0.2, 0.25) is 0 Å². The molecule has 3 rings (SSSR count). The lowest BCUT2D eigenvalue weighted by atomic mass is 10.2. The minimum atomic E-state index is -0.965. The second-order valence-corrected chi connectivity index (χ2v) is 9.89. The smallest absolute Gasteiger partial charge is 0.329 e. The Kier molecular flexibility index (Phi) is 8.39. The molecule has 0 N–H and O–H groups in total. The molecule has 2 aromatic rings. The second kappa shape index (κ2) is 10.8. The Morgan fingerprint density at radius 2 is 1.81 bits per heavy atom. The van der Waals surface area contributed by atoms with Crippen molar-refractivity contribution in [3.8, 4) is 5.75 Å². The number of thioether (sulfide) groups is 1. The SMILES string of the molecule is CCOC(=O)[C@@H](C)N1C(=O)S/C(=C/c2cc(I)c(OCc3ccccc3)c(I)c2)C1=O. The van der Waals surface area contributed by atoms with Gasteiger partial charge in [0.15, 0.2) is 0 Å². The number of amides is 2. The molecule has 9 heteroatoms. The monoisotopic (exact) mass is 663 g/mol. The third kappa shape index (κ3) is 5.80. The number of hydrogen-bond acceptors (Lipinski definition) is 6. The van der Waals surface area contributed by atoms with Crippen LogP contribution in [-0.2, 0) is 20.9 Å². The quantitative estimate of drug-likeness (QED) is 0.223. The first-order valence-electron chi connectivity index (χ1n) is 9.41. The van der Waals surface area contributed by atoms with Gasteiger partial charge in [-0.3, -0.25) is 14.5 Å². The van der Waals surface area contributed by atoms with Crippen molar-refractivity contribution in [1.29, 1.82) is 0 Å². The van der Waals surface area contributed by atoms with Crippen LogP contribution in [0.15, 0.2) is 47.4 Å². The Labute approximate surface area is 212 Å². The van der Waals surface area contributed by atoms with E-state index in [2.05, 4.69) is 45.2 Å². The average Bonchev–Trinajstić information content (AvgIpc) is 3.00. The van der Waals surface area contributed by atoms with Gasteiger partial charge < -0.3 is 9.47 Å². The largest absolute Gasteiger partial charge is 0.487 e. The molecule has 0 radical (unpaired) electrons. The number of imide groups is 1. The molecule has 0 spiro atoms. The lowest BCUT2D eigenvalue weighted by molar-refractivity contribution is -0.150. The third-order valence-electron chi connectivity index (χ3n) is 4.38. The molecule has 0 aliphatic carbocycles. The van der Waals surface area contributed by atoms with E-state index in [1.54, 1.807) is 13.0 Å². The molecule has 0 bridgehead atoms. The second-order valence-electron chi connectivity index (χ2n) is 6.57. The van der Waals surface area contributed by atoms with Gasteiger partial charge in [-0.2, -0.15) is 0 Å². The molecule has 2 amide bonds. The van der Waals surface area contributed by atoms with Gasteiger partial charge >= 0.3 is 5.97 Å². The van der Waals surface area contributed by atoms with Crippen molar-refractivity contribution in [2.24, 2.45) is 0 Å². The summed E-state index contributed by atoms with van der Waals surface area (Å²) in [6.45, 7) is 3.80. The molecule has 6 nitrogen and oxygen atoms in total. The van der Waals surface area contributed by atoms with Gasteiger partial charge in [-0.05, 0) is 100 Å². The summed E-state index contributed by atoms with van der Waals surface area (Å²) in [6, 6.07) is 12.7. The maximum atomic E-state index is 12.7. The number of carbonyl (C=O) groups excluding carboxylic acids is 3. The van der Waals surface area contributed by atoms with Gasteiger partial charge in [0.1, 0.15) is 18.4 Å². The summed E-state index contributed by atoms with van der Waals surface area (Å²) in [5.41, 5.74) is 1.85. The molecule has 1 heterocycles. The molecule has 0 unspecified atom stereocenters. The van der Waals surface area contributed by atoms with Crippen molar-refractivity contribution in [2.45, 2.75) is 26.5 Å². The van der Waals surface area contributed by atoms with Crippen LogP contribution < -0.4 is 4.74 Å². The summed E-state index contributed by atoms with van der Waals surface area (Å²) in [4.78, 5) is 38.3. The van der Waals surface area contributed by atoms with E-state index in [9.17, 15) is 14.4 Å². The molecule has 162 valence electrons. The predicted molar refractivity (Wildman–Crippen MR) is 137 cm³/mol. The summed E-state index contributed by atoms with van der Waals surface area (Å²) < 4.78 is 12.7. The van der Waals surface area contributed by atoms with Crippen LogP contribution in [0.3, 0.4) is 0 Å². The maximum Gasteiger partial charge on any atom is 0.329 e. The van der Waals surface area contributed by atoms with Crippen molar-refractivity contribution in [1.82, 2.24) is 4.90 Å². The molecule has 1 aliphatic heterocycles. The molecule has 2 aromatic carbocycles. The first-order chi connectivity index (χ1) is 14.8. The van der Waals surface area contributed by atoms with E-state index < -0.39 is 23.2 Å². The molecule has 1 fully saturated rings. The van der Waals surface area contributed by atoms with E-state index in [1.807, 2.05) is 42.5 Å². The highest BCUT2D eigenvalue weighted by molar-refractivity contribution is 14.1. The number of benzene rings is 2. The van der Waals surface area contributed by atoms with Crippen molar-refractivity contribution >= 4 is 80.1 Å². The average molecular weight is 663 g/mol. The van der Waals surface area contributed by atoms with Crippen LogP contribution in [0.1, 0.15) is 25.0 Å². The van der Waals surface area contributed by atoms with Crippen LogP contribution in [-0.4, -0.2) is 34.7 Å². The van der Waals surface area contributed by atoms with Crippen LogP contribution >= 0.6 is 56.9 Å². The zero-order valence-corrected chi connectivity index (χ0v) is 21.9. The Morgan fingerprint density at radius 1 is 1.16 bits per heavy atom. The lowest BCUT2D eigenvalue weighted by Gasteiger charge is -2.19. The molecule has 1 saturated heterocycles. The summed E-state index contributed by atoms with van der Waals surface area (Å²) in [6.07, 6.45) is 1.66. The number of rotatable bonds is 7.